The Morgan fingerprint density at radius 1 is 1.16 bits per heavy atom. The zero-order chi connectivity index (χ0) is 21.4. The highest BCUT2D eigenvalue weighted by molar-refractivity contribution is 6.00. The van der Waals surface area contributed by atoms with Gasteiger partial charge in [-0.1, -0.05) is 0 Å². The van der Waals surface area contributed by atoms with Gasteiger partial charge in [0.1, 0.15) is 17.3 Å². The number of fused-ring (bicyclic) bond motifs is 1. The Morgan fingerprint density at radius 3 is 2.81 bits per heavy atom. The molecule has 2 aliphatic rings. The number of phenols is 1. The van der Waals surface area contributed by atoms with E-state index >= 15 is 4.39 Å². The summed E-state index contributed by atoms with van der Waals surface area (Å²) in [6.07, 6.45) is 7.41. The van der Waals surface area contributed by atoms with E-state index in [1.165, 1.54) is 6.07 Å². The van der Waals surface area contributed by atoms with Crippen LogP contribution >= 0.6 is 0 Å². The molecule has 1 aliphatic carbocycles. The number of phenolic OH excluding ortho intramolecular Hbond substituents is 1. The summed E-state index contributed by atoms with van der Waals surface area (Å²) in [5.74, 6) is 0.343. The van der Waals surface area contributed by atoms with Crippen LogP contribution in [-0.4, -0.2) is 62.6 Å². The van der Waals surface area contributed by atoms with Gasteiger partial charge >= 0.3 is 0 Å². The molecule has 3 N–H and O–H groups in total. The van der Waals surface area contributed by atoms with Crippen molar-refractivity contribution in [1.82, 2.24) is 20.1 Å². The summed E-state index contributed by atoms with van der Waals surface area (Å²) in [4.78, 5) is 6.45. The lowest BCUT2D eigenvalue weighted by atomic mass is 10.0. The fourth-order valence-electron chi connectivity index (χ4n) is 4.50. The Hall–Kier alpha value is -2.84. The number of β-amino-alcohol motifs (C(OH)–C–C–N with tert-alkyl or cyclic N) is 1. The Morgan fingerprint density at radius 2 is 2.03 bits per heavy atom. The molecule has 8 heteroatoms. The van der Waals surface area contributed by atoms with E-state index in [1.807, 2.05) is 0 Å². The lowest BCUT2D eigenvalue weighted by molar-refractivity contribution is 0.166. The first-order chi connectivity index (χ1) is 15.1. The number of nitrogens with one attached hydrogen (secondary N) is 1. The van der Waals surface area contributed by atoms with Gasteiger partial charge in [-0.15, -0.1) is 10.2 Å². The van der Waals surface area contributed by atoms with Crippen molar-refractivity contribution in [3.05, 3.63) is 42.0 Å². The average Bonchev–Trinajstić information content (AvgIpc) is 3.61. The predicted molar refractivity (Wildman–Crippen MR) is 117 cm³/mol. The van der Waals surface area contributed by atoms with Gasteiger partial charge in [0.2, 0.25) is 0 Å². The van der Waals surface area contributed by atoms with Gasteiger partial charge in [0, 0.05) is 42.3 Å². The van der Waals surface area contributed by atoms with E-state index in [4.69, 9.17) is 0 Å². The lowest BCUT2D eigenvalue weighted by Crippen LogP contribution is -2.43. The number of aliphatic hydroxyl groups excluding tert-OH is 1. The molecule has 1 aromatic carbocycles. The summed E-state index contributed by atoms with van der Waals surface area (Å²) in [5, 5.41) is 33.4. The molecule has 2 aromatic heterocycles. The second-order valence-corrected chi connectivity index (χ2v) is 8.50. The average molecular weight is 423 g/mol. The molecule has 1 aliphatic heterocycles. The molecule has 31 heavy (non-hydrogen) atoms. The van der Waals surface area contributed by atoms with Crippen LogP contribution in [0.5, 0.6) is 5.75 Å². The Labute approximate surface area is 179 Å². The monoisotopic (exact) mass is 423 g/mol. The third kappa shape index (κ3) is 4.05. The van der Waals surface area contributed by atoms with Gasteiger partial charge in [-0.3, -0.25) is 9.88 Å². The first-order valence-electron chi connectivity index (χ1n) is 10.9. The number of piperidine rings is 1. The summed E-state index contributed by atoms with van der Waals surface area (Å²) in [6, 6.07) is 5.10. The minimum absolute atomic E-state index is 0.0754. The molecular formula is C23H26FN5O2. The van der Waals surface area contributed by atoms with Gasteiger partial charge in [0.15, 0.2) is 5.82 Å². The zero-order valence-corrected chi connectivity index (χ0v) is 17.3. The number of aromatic hydroxyl groups is 1. The number of aromatic nitrogens is 3. The molecule has 1 atom stereocenters. The maximum absolute atomic E-state index is 15.0. The number of likely N-dealkylation sites (tertiary alicyclic amines) is 1. The van der Waals surface area contributed by atoms with Crippen molar-refractivity contribution in [3.8, 4) is 17.0 Å². The minimum atomic E-state index is -0.484. The number of anilines is 1. The topological polar surface area (TPSA) is 94.4 Å². The van der Waals surface area contributed by atoms with E-state index in [0.717, 1.165) is 49.7 Å². The minimum Gasteiger partial charge on any atom is -0.507 e. The van der Waals surface area contributed by atoms with Gasteiger partial charge in [-0.2, -0.15) is 0 Å². The third-order valence-electron chi connectivity index (χ3n) is 6.22. The van der Waals surface area contributed by atoms with Crippen LogP contribution in [0.2, 0.25) is 0 Å². The molecule has 5 rings (SSSR count). The molecule has 1 saturated heterocycles. The van der Waals surface area contributed by atoms with Gasteiger partial charge in [-0.05, 0) is 61.9 Å². The van der Waals surface area contributed by atoms with E-state index in [0.29, 0.717) is 29.4 Å². The Balaban J connectivity index is 1.50. The highest BCUT2D eigenvalue weighted by atomic mass is 19.1. The molecule has 3 heterocycles. The predicted octanol–water partition coefficient (Wildman–Crippen LogP) is 3.28. The number of hydrogen-bond acceptors (Lipinski definition) is 7. The molecule has 0 radical (unpaired) electrons. The highest BCUT2D eigenvalue weighted by Crippen LogP contribution is 2.44. The van der Waals surface area contributed by atoms with Gasteiger partial charge in [0.25, 0.3) is 0 Å². The molecule has 162 valence electrons. The lowest BCUT2D eigenvalue weighted by Gasteiger charge is -2.33. The van der Waals surface area contributed by atoms with Crippen molar-refractivity contribution in [2.75, 3.05) is 31.6 Å². The molecule has 7 nitrogen and oxygen atoms in total. The highest BCUT2D eigenvalue weighted by Gasteiger charge is 2.27. The number of aliphatic hydroxyl groups is 1. The molecule has 0 bridgehead atoms. The van der Waals surface area contributed by atoms with Crippen LogP contribution in [0.15, 0.2) is 30.6 Å². The van der Waals surface area contributed by atoms with E-state index in [-0.39, 0.29) is 24.0 Å². The smallest absolute Gasteiger partial charge is 0.158 e. The maximum Gasteiger partial charge on any atom is 0.158 e. The van der Waals surface area contributed by atoms with Crippen LogP contribution in [-0.2, 0) is 0 Å². The van der Waals surface area contributed by atoms with Gasteiger partial charge < -0.3 is 15.5 Å². The van der Waals surface area contributed by atoms with Crippen molar-refractivity contribution in [2.45, 2.75) is 37.6 Å². The number of nitrogens with zero attached hydrogens (tertiary/aromatic N) is 4. The fourth-order valence-corrected chi connectivity index (χ4v) is 4.50. The van der Waals surface area contributed by atoms with Crippen LogP contribution in [0.1, 0.15) is 37.2 Å². The summed E-state index contributed by atoms with van der Waals surface area (Å²) in [6.45, 7) is 2.58. The fraction of sp³-hybridized carbons (Fsp3) is 0.435. The largest absolute Gasteiger partial charge is 0.507 e. The van der Waals surface area contributed by atoms with Crippen LogP contribution in [0, 0.1) is 5.82 Å². The Bertz CT molecular complexity index is 1080. The van der Waals surface area contributed by atoms with Crippen molar-refractivity contribution >= 4 is 16.6 Å². The van der Waals surface area contributed by atoms with Crippen LogP contribution in [0.4, 0.5) is 10.2 Å². The van der Waals surface area contributed by atoms with Crippen LogP contribution < -0.4 is 5.32 Å². The molecular weight excluding hydrogens is 397 g/mol. The van der Waals surface area contributed by atoms with Crippen molar-refractivity contribution in [3.63, 3.8) is 0 Å². The normalized spacial score (nSPS) is 19.6. The summed E-state index contributed by atoms with van der Waals surface area (Å²) >= 11 is 0. The first-order valence-corrected chi connectivity index (χ1v) is 10.9. The number of pyridine rings is 1. The molecule has 1 saturated carbocycles. The van der Waals surface area contributed by atoms with Crippen molar-refractivity contribution in [1.29, 1.82) is 0 Å². The molecule has 2 fully saturated rings. The number of hydrogen-bond donors (Lipinski definition) is 3. The number of rotatable bonds is 6. The maximum atomic E-state index is 15.0. The summed E-state index contributed by atoms with van der Waals surface area (Å²) in [5.41, 5.74) is 1.22. The summed E-state index contributed by atoms with van der Waals surface area (Å²) < 4.78 is 15.0. The second-order valence-electron chi connectivity index (χ2n) is 8.50. The van der Waals surface area contributed by atoms with E-state index < -0.39 is 5.82 Å². The molecule has 0 spiro atoms. The second kappa shape index (κ2) is 8.36. The molecule has 0 unspecified atom stereocenters. The molecule has 3 aromatic rings. The van der Waals surface area contributed by atoms with E-state index in [1.54, 1.807) is 24.5 Å². The van der Waals surface area contributed by atoms with Crippen molar-refractivity contribution in [2.24, 2.45) is 0 Å². The standard InChI is InChI=1S/C23H26FN5O2/c24-19-10-15(14-3-4-14)11-20(31)21(19)22-17-5-6-25-12-18(17)23(28-27-22)26-16-2-1-7-29(13-16)8-9-30/h5-6,10-12,14,16,30-31H,1-4,7-9,13H2,(H,26,28)/t16-/m1/s1. The molecule has 0 amide bonds. The van der Waals surface area contributed by atoms with Crippen molar-refractivity contribution < 1.29 is 14.6 Å². The quantitative estimate of drug-likeness (QED) is 0.560. The first kappa shape index (κ1) is 20.1. The SMILES string of the molecule is OCCN1CCC[C@@H](Nc2nnc(-c3c(O)cc(C4CC4)cc3F)c3ccncc23)C1. The Kier molecular flexibility index (Phi) is 5.41. The number of benzene rings is 1. The third-order valence-corrected chi connectivity index (χ3v) is 6.22. The number of halogens is 1. The van der Waals surface area contributed by atoms with Crippen LogP contribution in [0.3, 0.4) is 0 Å². The van der Waals surface area contributed by atoms with E-state index in [2.05, 4.69) is 25.4 Å². The zero-order valence-electron chi connectivity index (χ0n) is 17.3. The van der Waals surface area contributed by atoms with Gasteiger partial charge in [0.05, 0.1) is 12.2 Å². The van der Waals surface area contributed by atoms with Crippen LogP contribution in [0.25, 0.3) is 22.0 Å². The summed E-state index contributed by atoms with van der Waals surface area (Å²) in [7, 11) is 0. The van der Waals surface area contributed by atoms with Gasteiger partial charge in [-0.25, -0.2) is 4.39 Å². The van der Waals surface area contributed by atoms with E-state index in [9.17, 15) is 10.2 Å².